The van der Waals surface area contributed by atoms with Crippen LogP contribution in [0, 0.1) is 11.3 Å². The van der Waals surface area contributed by atoms with Gasteiger partial charge in [-0.15, -0.1) is 0 Å². The second-order valence-corrected chi connectivity index (χ2v) is 5.55. The minimum atomic E-state index is 0.0724. The molecule has 0 N–H and O–H groups in total. The molecule has 0 heterocycles. The maximum absolute atomic E-state index is 11.6. The Balaban J connectivity index is 2.84. The lowest BCUT2D eigenvalue weighted by atomic mass is 9.72. The molecule has 0 fully saturated rings. The molecule has 1 unspecified atom stereocenters. The van der Waals surface area contributed by atoms with E-state index in [1.165, 1.54) is 5.57 Å². The molecule has 1 aliphatic rings. The van der Waals surface area contributed by atoms with Gasteiger partial charge in [-0.1, -0.05) is 49.3 Å². The van der Waals surface area contributed by atoms with Gasteiger partial charge in [0.25, 0.3) is 0 Å². The van der Waals surface area contributed by atoms with Gasteiger partial charge in [0.15, 0.2) is 5.78 Å². The van der Waals surface area contributed by atoms with Gasteiger partial charge in [-0.2, -0.15) is 0 Å². The van der Waals surface area contributed by atoms with Crippen LogP contribution in [0.15, 0.2) is 47.6 Å². The van der Waals surface area contributed by atoms with Gasteiger partial charge in [0.2, 0.25) is 0 Å². The third-order valence-corrected chi connectivity index (χ3v) is 3.06. The quantitative estimate of drug-likeness (QED) is 0.663. The van der Waals surface area contributed by atoms with Crippen LogP contribution in [0.5, 0.6) is 0 Å². The topological polar surface area (TPSA) is 17.1 Å². The molecule has 1 heteroatoms. The number of hydrogen-bond donors (Lipinski definition) is 0. The van der Waals surface area contributed by atoms with E-state index in [9.17, 15) is 4.79 Å². The second kappa shape index (κ2) is 5.31. The Labute approximate surface area is 105 Å². The Kier molecular flexibility index (Phi) is 4.28. The van der Waals surface area contributed by atoms with E-state index < -0.39 is 0 Å². The molecule has 0 amide bonds. The summed E-state index contributed by atoms with van der Waals surface area (Å²) < 4.78 is 0. The van der Waals surface area contributed by atoms with E-state index >= 15 is 0 Å². The first-order valence-electron chi connectivity index (χ1n) is 6.06. The number of hydrogen-bond acceptors (Lipinski definition) is 1. The maximum Gasteiger partial charge on any atom is 0.178 e. The molecule has 0 aromatic carbocycles. The maximum atomic E-state index is 11.6. The molecule has 1 atom stereocenters. The molecule has 0 aromatic heterocycles. The molecule has 0 aliphatic heterocycles. The van der Waals surface area contributed by atoms with E-state index in [1.807, 2.05) is 19.9 Å². The highest BCUT2D eigenvalue weighted by atomic mass is 16.1. The van der Waals surface area contributed by atoms with Crippen LogP contribution in [0.2, 0.25) is 0 Å². The van der Waals surface area contributed by atoms with Gasteiger partial charge in [-0.3, -0.25) is 4.79 Å². The predicted octanol–water partition coefficient (Wildman–Crippen LogP) is 4.24. The molecule has 0 radical (unpaired) electrons. The zero-order valence-electron chi connectivity index (χ0n) is 11.4. The molecule has 0 saturated carbocycles. The van der Waals surface area contributed by atoms with Crippen LogP contribution < -0.4 is 0 Å². The van der Waals surface area contributed by atoms with Crippen molar-refractivity contribution in [3.63, 3.8) is 0 Å². The van der Waals surface area contributed by atoms with E-state index in [-0.39, 0.29) is 11.2 Å². The summed E-state index contributed by atoms with van der Waals surface area (Å²) >= 11 is 0. The zero-order valence-corrected chi connectivity index (χ0v) is 11.4. The number of ketones is 1. The molecule has 1 aliphatic carbocycles. The van der Waals surface area contributed by atoms with Crippen molar-refractivity contribution in [1.29, 1.82) is 0 Å². The van der Waals surface area contributed by atoms with Crippen molar-refractivity contribution in [2.75, 3.05) is 0 Å². The Morgan fingerprint density at radius 1 is 1.35 bits per heavy atom. The molecule has 92 valence electrons. The molecule has 0 aromatic rings. The fraction of sp³-hybridized carbons (Fsp3) is 0.438. The van der Waals surface area contributed by atoms with Crippen LogP contribution in [-0.4, -0.2) is 5.78 Å². The largest absolute Gasteiger partial charge is 0.290 e. The van der Waals surface area contributed by atoms with E-state index in [4.69, 9.17) is 0 Å². The first kappa shape index (κ1) is 13.7. The summed E-state index contributed by atoms with van der Waals surface area (Å²) in [6, 6.07) is 0. The summed E-state index contributed by atoms with van der Waals surface area (Å²) in [5.74, 6) is 0.380. The SMILES string of the molecule is CC(C)=CC(=O)/C=C/C1C(C)=CC=CC1(C)C. The minimum absolute atomic E-state index is 0.0724. The first-order chi connectivity index (χ1) is 7.83. The summed E-state index contributed by atoms with van der Waals surface area (Å²) in [6.45, 7) is 10.4. The van der Waals surface area contributed by atoms with Gasteiger partial charge in [0, 0.05) is 5.92 Å². The number of carbonyl (C=O) groups is 1. The summed E-state index contributed by atoms with van der Waals surface area (Å²) in [4.78, 5) is 11.6. The summed E-state index contributed by atoms with van der Waals surface area (Å²) in [5.41, 5.74) is 2.43. The molecule has 0 saturated heterocycles. The highest BCUT2D eigenvalue weighted by Gasteiger charge is 2.27. The normalized spacial score (nSPS) is 22.4. The van der Waals surface area contributed by atoms with Gasteiger partial charge in [-0.05, 0) is 38.3 Å². The minimum Gasteiger partial charge on any atom is -0.290 e. The van der Waals surface area contributed by atoms with Crippen LogP contribution in [0.3, 0.4) is 0 Å². The average Bonchev–Trinajstić information content (AvgIpc) is 2.14. The Morgan fingerprint density at radius 2 is 2.00 bits per heavy atom. The average molecular weight is 230 g/mol. The highest BCUT2D eigenvalue weighted by molar-refractivity contribution is 5.99. The van der Waals surface area contributed by atoms with Gasteiger partial charge >= 0.3 is 0 Å². The van der Waals surface area contributed by atoms with Crippen LogP contribution in [0.25, 0.3) is 0 Å². The van der Waals surface area contributed by atoms with Crippen molar-refractivity contribution in [1.82, 2.24) is 0 Å². The number of rotatable bonds is 3. The fourth-order valence-electron chi connectivity index (χ4n) is 2.17. The van der Waals surface area contributed by atoms with Crippen molar-refractivity contribution in [2.24, 2.45) is 11.3 Å². The monoisotopic (exact) mass is 230 g/mol. The lowest BCUT2D eigenvalue weighted by Gasteiger charge is -2.32. The smallest absolute Gasteiger partial charge is 0.178 e. The standard InChI is InChI=1S/C16H22O/c1-12(2)11-14(17)8-9-15-13(3)7-6-10-16(15,4)5/h6-11,15H,1-5H3/b9-8+. The summed E-state index contributed by atoms with van der Waals surface area (Å²) in [5, 5.41) is 0. The summed E-state index contributed by atoms with van der Waals surface area (Å²) in [6.07, 6.45) is 11.8. The lowest BCUT2D eigenvalue weighted by molar-refractivity contribution is -0.110. The van der Waals surface area contributed by atoms with Crippen LogP contribution >= 0.6 is 0 Å². The molecule has 17 heavy (non-hydrogen) atoms. The van der Waals surface area contributed by atoms with Crippen molar-refractivity contribution in [2.45, 2.75) is 34.6 Å². The molecular formula is C16H22O. The van der Waals surface area contributed by atoms with Crippen LogP contribution in [0.1, 0.15) is 34.6 Å². The van der Waals surface area contributed by atoms with E-state index in [2.05, 4.69) is 39.0 Å². The second-order valence-electron chi connectivity index (χ2n) is 5.55. The zero-order chi connectivity index (χ0) is 13.1. The molecule has 1 nitrogen and oxygen atoms in total. The number of allylic oxidation sites excluding steroid dienone is 8. The van der Waals surface area contributed by atoms with Gasteiger partial charge in [0.1, 0.15) is 0 Å². The third-order valence-electron chi connectivity index (χ3n) is 3.06. The van der Waals surface area contributed by atoms with Gasteiger partial charge in [0.05, 0.1) is 0 Å². The van der Waals surface area contributed by atoms with E-state index in [1.54, 1.807) is 12.2 Å². The summed E-state index contributed by atoms with van der Waals surface area (Å²) in [7, 11) is 0. The highest BCUT2D eigenvalue weighted by Crippen LogP contribution is 2.37. The third kappa shape index (κ3) is 3.85. The first-order valence-corrected chi connectivity index (χ1v) is 6.06. The Bertz CT molecular complexity index is 413. The van der Waals surface area contributed by atoms with E-state index in [0.717, 1.165) is 5.57 Å². The van der Waals surface area contributed by atoms with Crippen molar-refractivity contribution in [3.8, 4) is 0 Å². The fourth-order valence-corrected chi connectivity index (χ4v) is 2.17. The van der Waals surface area contributed by atoms with Gasteiger partial charge in [-0.25, -0.2) is 0 Å². The van der Waals surface area contributed by atoms with Crippen molar-refractivity contribution >= 4 is 5.78 Å². The van der Waals surface area contributed by atoms with Crippen molar-refractivity contribution in [3.05, 3.63) is 47.6 Å². The van der Waals surface area contributed by atoms with Gasteiger partial charge < -0.3 is 0 Å². The molecule has 0 bridgehead atoms. The van der Waals surface area contributed by atoms with Crippen LogP contribution in [0.4, 0.5) is 0 Å². The van der Waals surface area contributed by atoms with Crippen molar-refractivity contribution < 1.29 is 4.79 Å². The lowest BCUT2D eigenvalue weighted by Crippen LogP contribution is -2.23. The predicted molar refractivity (Wildman–Crippen MR) is 73.7 cm³/mol. The molecular weight excluding hydrogens is 208 g/mol. The van der Waals surface area contributed by atoms with Crippen LogP contribution in [-0.2, 0) is 4.79 Å². The molecule has 1 rings (SSSR count). The Morgan fingerprint density at radius 3 is 2.53 bits per heavy atom. The Hall–Kier alpha value is -1.37. The molecule has 0 spiro atoms. The number of carbonyl (C=O) groups excluding carboxylic acids is 1. The van der Waals surface area contributed by atoms with E-state index in [0.29, 0.717) is 5.92 Å².